The van der Waals surface area contributed by atoms with E-state index in [1.807, 2.05) is 13.8 Å². The van der Waals surface area contributed by atoms with Crippen molar-refractivity contribution in [3.05, 3.63) is 70.0 Å². The van der Waals surface area contributed by atoms with Crippen molar-refractivity contribution in [2.24, 2.45) is 0 Å². The van der Waals surface area contributed by atoms with E-state index in [0.29, 0.717) is 16.3 Å². The average Bonchev–Trinajstić information content (AvgIpc) is 3.35. The summed E-state index contributed by atoms with van der Waals surface area (Å²) < 4.78 is 31.9. The minimum Gasteiger partial charge on any atom is -0.468 e. The number of anilines is 1. The minimum absolute atomic E-state index is 0.0620. The molecule has 0 spiro atoms. The summed E-state index contributed by atoms with van der Waals surface area (Å²) in [6.45, 7) is 3.79. The number of nitrogens with one attached hydrogen (secondary N) is 2. The van der Waals surface area contributed by atoms with Crippen molar-refractivity contribution in [3.8, 4) is 0 Å². The topological polar surface area (TPSA) is 109 Å². The fraction of sp³-hybridized carbons (Fsp3) is 0.238. The normalized spacial score (nSPS) is 11.5. The highest BCUT2D eigenvalue weighted by Gasteiger charge is 2.23. The first-order chi connectivity index (χ1) is 14.6. The maximum atomic E-state index is 12.8. The van der Waals surface area contributed by atoms with Gasteiger partial charge in [0.25, 0.3) is 11.8 Å². The summed E-state index contributed by atoms with van der Waals surface area (Å²) in [6, 6.07) is 9.03. The molecule has 164 valence electrons. The lowest BCUT2D eigenvalue weighted by Gasteiger charge is -2.16. The summed E-state index contributed by atoms with van der Waals surface area (Å²) >= 11 is 1.32. The van der Waals surface area contributed by atoms with Crippen LogP contribution in [0.15, 0.2) is 52.0 Å². The zero-order valence-corrected chi connectivity index (χ0v) is 19.2. The van der Waals surface area contributed by atoms with Crippen molar-refractivity contribution in [3.63, 3.8) is 0 Å². The molecule has 0 unspecified atom stereocenters. The second kappa shape index (κ2) is 9.04. The first kappa shape index (κ1) is 22.7. The Morgan fingerprint density at radius 3 is 2.35 bits per heavy atom. The van der Waals surface area contributed by atoms with Crippen molar-refractivity contribution in [1.29, 1.82) is 0 Å². The second-order valence-electron chi connectivity index (χ2n) is 6.89. The third-order valence-corrected chi connectivity index (χ3v) is 7.79. The number of rotatable bonds is 7. The van der Waals surface area contributed by atoms with Crippen LogP contribution in [-0.4, -0.2) is 38.6 Å². The Hall–Kier alpha value is -2.95. The average molecular weight is 462 g/mol. The molecule has 1 aromatic carbocycles. The first-order valence-corrected chi connectivity index (χ1v) is 11.6. The summed E-state index contributed by atoms with van der Waals surface area (Å²) in [5, 5.41) is 5.79. The van der Waals surface area contributed by atoms with Crippen LogP contribution in [-0.2, 0) is 16.6 Å². The molecule has 2 heterocycles. The van der Waals surface area contributed by atoms with E-state index in [9.17, 15) is 18.0 Å². The van der Waals surface area contributed by atoms with Gasteiger partial charge in [0.2, 0.25) is 10.0 Å². The van der Waals surface area contributed by atoms with Crippen LogP contribution in [0.5, 0.6) is 0 Å². The van der Waals surface area contributed by atoms with Gasteiger partial charge < -0.3 is 15.1 Å². The van der Waals surface area contributed by atoms with E-state index in [-0.39, 0.29) is 22.9 Å². The molecule has 0 radical (unpaired) electrons. The number of amides is 2. The number of nitrogens with zero attached hydrogens (tertiary/aromatic N) is 1. The number of carbonyl (C=O) groups excluding carboxylic acids is 2. The van der Waals surface area contributed by atoms with Gasteiger partial charge in [-0.15, -0.1) is 11.3 Å². The Balaban J connectivity index is 1.78. The Morgan fingerprint density at radius 1 is 1.10 bits per heavy atom. The lowest BCUT2D eigenvalue weighted by molar-refractivity contribution is 0.0963. The molecule has 2 amide bonds. The third kappa shape index (κ3) is 4.71. The molecular formula is C21H23N3O5S2. The molecule has 0 saturated heterocycles. The number of sulfonamides is 1. The first-order valence-electron chi connectivity index (χ1n) is 9.37. The van der Waals surface area contributed by atoms with Crippen molar-refractivity contribution >= 4 is 38.2 Å². The SMILES string of the molecule is CNC(=O)c1c(NC(=O)c2ccc(S(=O)(=O)N(C)Cc3ccco3)cc2)sc(C)c1C. The molecule has 0 fully saturated rings. The molecule has 0 aliphatic carbocycles. The van der Waals surface area contributed by atoms with Gasteiger partial charge in [-0.2, -0.15) is 4.31 Å². The largest absolute Gasteiger partial charge is 0.468 e. The van der Waals surface area contributed by atoms with E-state index in [0.717, 1.165) is 10.4 Å². The number of benzene rings is 1. The lowest BCUT2D eigenvalue weighted by Crippen LogP contribution is -2.26. The van der Waals surface area contributed by atoms with Gasteiger partial charge in [-0.1, -0.05) is 0 Å². The Labute approximate surface area is 184 Å². The highest BCUT2D eigenvalue weighted by atomic mass is 32.2. The molecular weight excluding hydrogens is 438 g/mol. The quantitative estimate of drug-likeness (QED) is 0.561. The molecule has 8 nitrogen and oxygen atoms in total. The number of thiophene rings is 1. The molecule has 31 heavy (non-hydrogen) atoms. The third-order valence-electron chi connectivity index (χ3n) is 4.85. The highest BCUT2D eigenvalue weighted by molar-refractivity contribution is 7.89. The van der Waals surface area contributed by atoms with Crippen LogP contribution in [0.1, 0.15) is 36.9 Å². The molecule has 0 saturated carbocycles. The second-order valence-corrected chi connectivity index (χ2v) is 10.2. The van der Waals surface area contributed by atoms with E-state index >= 15 is 0 Å². The monoisotopic (exact) mass is 461 g/mol. The van der Waals surface area contributed by atoms with Crippen LogP contribution in [0.2, 0.25) is 0 Å². The van der Waals surface area contributed by atoms with Crippen LogP contribution < -0.4 is 10.6 Å². The molecule has 2 aromatic heterocycles. The van der Waals surface area contributed by atoms with E-state index in [1.165, 1.54) is 60.3 Å². The number of carbonyl (C=O) groups is 2. The number of aryl methyl sites for hydroxylation is 1. The van der Waals surface area contributed by atoms with Gasteiger partial charge in [-0.3, -0.25) is 9.59 Å². The van der Waals surface area contributed by atoms with Gasteiger partial charge in [-0.05, 0) is 55.8 Å². The minimum atomic E-state index is -3.75. The Kier molecular flexibility index (Phi) is 6.63. The zero-order valence-electron chi connectivity index (χ0n) is 17.6. The maximum Gasteiger partial charge on any atom is 0.256 e. The molecule has 0 aliphatic rings. The molecule has 0 bridgehead atoms. The van der Waals surface area contributed by atoms with Gasteiger partial charge in [0.05, 0.1) is 23.3 Å². The van der Waals surface area contributed by atoms with E-state index < -0.39 is 15.9 Å². The Morgan fingerprint density at radius 2 is 1.77 bits per heavy atom. The molecule has 2 N–H and O–H groups in total. The number of furan rings is 1. The smallest absolute Gasteiger partial charge is 0.256 e. The zero-order chi connectivity index (χ0) is 22.8. The molecule has 0 atom stereocenters. The van der Waals surface area contributed by atoms with Crippen molar-refractivity contribution in [2.75, 3.05) is 19.4 Å². The predicted octanol–water partition coefficient (Wildman–Crippen LogP) is 3.39. The van der Waals surface area contributed by atoms with E-state index in [2.05, 4.69) is 10.6 Å². The van der Waals surface area contributed by atoms with Gasteiger partial charge >= 0.3 is 0 Å². The highest BCUT2D eigenvalue weighted by Crippen LogP contribution is 2.32. The Bertz CT molecular complexity index is 1200. The van der Waals surface area contributed by atoms with Gasteiger partial charge in [0.1, 0.15) is 10.8 Å². The van der Waals surface area contributed by atoms with Crippen molar-refractivity contribution in [1.82, 2.24) is 9.62 Å². The van der Waals surface area contributed by atoms with Gasteiger partial charge in [0, 0.05) is 24.5 Å². The molecule has 3 aromatic rings. The van der Waals surface area contributed by atoms with Crippen LogP contribution in [0.25, 0.3) is 0 Å². The fourth-order valence-electron chi connectivity index (χ4n) is 2.95. The van der Waals surface area contributed by atoms with Gasteiger partial charge in [-0.25, -0.2) is 8.42 Å². The van der Waals surface area contributed by atoms with E-state index in [4.69, 9.17) is 4.42 Å². The van der Waals surface area contributed by atoms with Crippen LogP contribution >= 0.6 is 11.3 Å². The summed E-state index contributed by atoms with van der Waals surface area (Å²) in [6.07, 6.45) is 1.48. The molecule has 3 rings (SSSR count). The predicted molar refractivity (Wildman–Crippen MR) is 119 cm³/mol. The number of hydrogen-bond donors (Lipinski definition) is 2. The fourth-order valence-corrected chi connectivity index (χ4v) is 5.14. The molecule has 0 aliphatic heterocycles. The van der Waals surface area contributed by atoms with Crippen LogP contribution in [0.3, 0.4) is 0 Å². The van der Waals surface area contributed by atoms with E-state index in [1.54, 1.807) is 12.1 Å². The lowest BCUT2D eigenvalue weighted by atomic mass is 10.1. The summed E-state index contributed by atoms with van der Waals surface area (Å²) in [5.41, 5.74) is 1.51. The number of hydrogen-bond acceptors (Lipinski definition) is 6. The van der Waals surface area contributed by atoms with Crippen molar-refractivity contribution < 1.29 is 22.4 Å². The standard InChI is InChI=1S/C21H23N3O5S2/c1-13-14(2)30-21(18(13)20(26)22-3)23-19(25)15-7-9-17(10-8-15)31(27,28)24(4)12-16-6-5-11-29-16/h5-11H,12H2,1-4H3,(H,22,26)(H,23,25). The van der Waals surface area contributed by atoms with Crippen LogP contribution in [0, 0.1) is 13.8 Å². The summed E-state index contributed by atoms with van der Waals surface area (Å²) in [5.74, 6) is -0.187. The van der Waals surface area contributed by atoms with Crippen LogP contribution in [0.4, 0.5) is 5.00 Å². The summed E-state index contributed by atoms with van der Waals surface area (Å²) in [4.78, 5) is 25.9. The summed E-state index contributed by atoms with van der Waals surface area (Å²) in [7, 11) is -0.761. The molecule has 10 heteroatoms. The maximum absolute atomic E-state index is 12.8. The van der Waals surface area contributed by atoms with Gasteiger partial charge in [0.15, 0.2) is 0 Å². The van der Waals surface area contributed by atoms with Crippen molar-refractivity contribution in [2.45, 2.75) is 25.3 Å².